The highest BCUT2D eigenvalue weighted by Crippen LogP contribution is 2.14. The third kappa shape index (κ3) is 1.26. The number of nitrogens with zero attached hydrogens (tertiary/aromatic N) is 3. The molecule has 2 heterocycles. The van der Waals surface area contributed by atoms with Crippen LogP contribution in [0, 0.1) is 6.92 Å². The molecule has 0 aromatic carbocycles. The van der Waals surface area contributed by atoms with Gasteiger partial charge in [-0.25, -0.2) is 4.68 Å². The summed E-state index contributed by atoms with van der Waals surface area (Å²) in [7, 11) is 0. The first-order valence-electron chi connectivity index (χ1n) is 3.99. The number of aromatic nitrogens is 3. The summed E-state index contributed by atoms with van der Waals surface area (Å²) in [5.41, 5.74) is 7.74. The van der Waals surface area contributed by atoms with E-state index in [0.29, 0.717) is 5.82 Å². The second-order valence-corrected chi connectivity index (χ2v) is 2.83. The average Bonchev–Trinajstić information content (AvgIpc) is 2.52. The van der Waals surface area contributed by atoms with E-state index in [1.165, 1.54) is 0 Å². The summed E-state index contributed by atoms with van der Waals surface area (Å²) >= 11 is 0. The molecule has 0 aliphatic carbocycles. The summed E-state index contributed by atoms with van der Waals surface area (Å²) in [6.45, 7) is 2.00. The Bertz CT molecular complexity index is 419. The molecular formula is C9H10N4. The van der Waals surface area contributed by atoms with Gasteiger partial charge in [0.05, 0.1) is 18.1 Å². The molecule has 0 amide bonds. The molecule has 4 nitrogen and oxygen atoms in total. The fourth-order valence-corrected chi connectivity index (χ4v) is 1.19. The van der Waals surface area contributed by atoms with Gasteiger partial charge in [0.25, 0.3) is 0 Å². The predicted octanol–water partition coefficient (Wildman–Crippen LogP) is 1.16. The predicted molar refractivity (Wildman–Crippen MR) is 50.5 cm³/mol. The minimum atomic E-state index is 0.621. The summed E-state index contributed by atoms with van der Waals surface area (Å²) in [5, 5.41) is 4.10. The van der Waals surface area contributed by atoms with E-state index in [1.54, 1.807) is 29.3 Å². The second-order valence-electron chi connectivity index (χ2n) is 2.83. The first-order valence-corrected chi connectivity index (χ1v) is 3.99. The molecule has 0 unspecified atom stereocenters. The maximum absolute atomic E-state index is 5.71. The molecule has 2 aromatic heterocycles. The average molecular weight is 174 g/mol. The lowest BCUT2D eigenvalue weighted by molar-refractivity contribution is 0.876. The van der Waals surface area contributed by atoms with Gasteiger partial charge in [-0.15, -0.1) is 0 Å². The first-order chi connectivity index (χ1) is 6.29. The highest BCUT2D eigenvalue weighted by molar-refractivity contribution is 5.43. The summed E-state index contributed by atoms with van der Waals surface area (Å²) in [4.78, 5) is 4.03. The molecule has 2 N–H and O–H groups in total. The number of nitrogens with two attached hydrogens (primary N) is 1. The van der Waals surface area contributed by atoms with E-state index in [1.807, 2.05) is 13.0 Å². The van der Waals surface area contributed by atoms with Crippen molar-refractivity contribution in [2.45, 2.75) is 6.92 Å². The van der Waals surface area contributed by atoms with Crippen molar-refractivity contribution in [2.75, 3.05) is 5.73 Å². The summed E-state index contributed by atoms with van der Waals surface area (Å²) < 4.78 is 1.67. The van der Waals surface area contributed by atoms with Gasteiger partial charge in [0, 0.05) is 12.3 Å². The molecule has 0 saturated carbocycles. The molecule has 0 fully saturated rings. The zero-order valence-electron chi connectivity index (χ0n) is 7.31. The molecule has 0 aliphatic heterocycles. The van der Waals surface area contributed by atoms with Gasteiger partial charge in [-0.3, -0.25) is 4.98 Å². The minimum absolute atomic E-state index is 0.621. The smallest absolute Gasteiger partial charge is 0.127 e. The van der Waals surface area contributed by atoms with Crippen LogP contribution in [0.3, 0.4) is 0 Å². The SMILES string of the molecule is Cc1ccncc1-n1nccc1N. The first kappa shape index (κ1) is 7.79. The number of anilines is 1. The van der Waals surface area contributed by atoms with Gasteiger partial charge in [-0.1, -0.05) is 0 Å². The van der Waals surface area contributed by atoms with Gasteiger partial charge in [0.2, 0.25) is 0 Å². The number of aryl methyl sites for hydroxylation is 1. The fraction of sp³-hybridized carbons (Fsp3) is 0.111. The van der Waals surface area contributed by atoms with E-state index in [-0.39, 0.29) is 0 Å². The van der Waals surface area contributed by atoms with Crippen molar-refractivity contribution in [1.82, 2.24) is 14.8 Å². The molecule has 0 bridgehead atoms. The van der Waals surface area contributed by atoms with Crippen molar-refractivity contribution < 1.29 is 0 Å². The van der Waals surface area contributed by atoms with Gasteiger partial charge < -0.3 is 5.73 Å². The van der Waals surface area contributed by atoms with E-state index in [2.05, 4.69) is 10.1 Å². The molecule has 0 saturated heterocycles. The van der Waals surface area contributed by atoms with Crippen LogP contribution in [0.2, 0.25) is 0 Å². The quantitative estimate of drug-likeness (QED) is 0.705. The van der Waals surface area contributed by atoms with E-state index in [0.717, 1.165) is 11.3 Å². The van der Waals surface area contributed by atoms with E-state index < -0.39 is 0 Å². The molecule has 0 atom stereocenters. The Balaban J connectivity index is 2.59. The Morgan fingerprint density at radius 1 is 1.31 bits per heavy atom. The van der Waals surface area contributed by atoms with E-state index in [4.69, 9.17) is 5.73 Å². The molecule has 0 radical (unpaired) electrons. The van der Waals surface area contributed by atoms with Gasteiger partial charge in [-0.05, 0) is 18.6 Å². The largest absolute Gasteiger partial charge is 0.384 e. The van der Waals surface area contributed by atoms with Crippen LogP contribution in [0.15, 0.2) is 30.7 Å². The van der Waals surface area contributed by atoms with Crippen molar-refractivity contribution in [1.29, 1.82) is 0 Å². The molecule has 13 heavy (non-hydrogen) atoms. The number of hydrogen-bond acceptors (Lipinski definition) is 3. The summed E-state index contributed by atoms with van der Waals surface area (Å²) in [5.74, 6) is 0.621. The molecular weight excluding hydrogens is 164 g/mol. The molecule has 2 aromatic rings. The second kappa shape index (κ2) is 2.90. The molecule has 0 aliphatic rings. The number of pyridine rings is 1. The highest BCUT2D eigenvalue weighted by atomic mass is 15.3. The van der Waals surface area contributed by atoms with Gasteiger partial charge >= 0.3 is 0 Å². The number of nitrogen functional groups attached to an aromatic ring is 1. The Morgan fingerprint density at radius 3 is 2.77 bits per heavy atom. The van der Waals surface area contributed by atoms with Crippen molar-refractivity contribution in [3.8, 4) is 5.69 Å². The molecule has 66 valence electrons. The van der Waals surface area contributed by atoms with Crippen molar-refractivity contribution in [3.05, 3.63) is 36.3 Å². The zero-order valence-corrected chi connectivity index (χ0v) is 7.31. The van der Waals surface area contributed by atoms with Crippen LogP contribution >= 0.6 is 0 Å². The van der Waals surface area contributed by atoms with Gasteiger partial charge in [0.15, 0.2) is 0 Å². The Morgan fingerprint density at radius 2 is 2.15 bits per heavy atom. The summed E-state index contributed by atoms with van der Waals surface area (Å²) in [6, 6.07) is 3.68. The number of hydrogen-bond donors (Lipinski definition) is 1. The monoisotopic (exact) mass is 174 g/mol. The van der Waals surface area contributed by atoms with Crippen molar-refractivity contribution in [2.24, 2.45) is 0 Å². The molecule has 0 spiro atoms. The van der Waals surface area contributed by atoms with Gasteiger partial charge in [0.1, 0.15) is 5.82 Å². The van der Waals surface area contributed by atoms with Crippen molar-refractivity contribution in [3.63, 3.8) is 0 Å². The Hall–Kier alpha value is -1.84. The van der Waals surface area contributed by atoms with Crippen LogP contribution in [0.4, 0.5) is 5.82 Å². The normalized spacial score (nSPS) is 10.2. The molecule has 2 rings (SSSR count). The van der Waals surface area contributed by atoms with Crippen LogP contribution in [0.25, 0.3) is 5.69 Å². The minimum Gasteiger partial charge on any atom is -0.384 e. The van der Waals surface area contributed by atoms with Gasteiger partial charge in [-0.2, -0.15) is 5.10 Å². The maximum atomic E-state index is 5.71. The van der Waals surface area contributed by atoms with E-state index >= 15 is 0 Å². The van der Waals surface area contributed by atoms with Crippen LogP contribution in [-0.2, 0) is 0 Å². The van der Waals surface area contributed by atoms with Crippen molar-refractivity contribution >= 4 is 5.82 Å². The molecule has 4 heteroatoms. The van der Waals surface area contributed by atoms with Crippen LogP contribution in [0.5, 0.6) is 0 Å². The van der Waals surface area contributed by atoms with Crippen LogP contribution < -0.4 is 5.73 Å². The lowest BCUT2D eigenvalue weighted by Crippen LogP contribution is -2.03. The maximum Gasteiger partial charge on any atom is 0.127 e. The van der Waals surface area contributed by atoms with E-state index in [9.17, 15) is 0 Å². The lowest BCUT2D eigenvalue weighted by atomic mass is 10.2. The topological polar surface area (TPSA) is 56.7 Å². The lowest BCUT2D eigenvalue weighted by Gasteiger charge is -2.05. The fourth-order valence-electron chi connectivity index (χ4n) is 1.19. The third-order valence-corrected chi connectivity index (χ3v) is 1.91. The zero-order chi connectivity index (χ0) is 9.26. The summed E-state index contributed by atoms with van der Waals surface area (Å²) in [6.07, 6.45) is 5.17. The third-order valence-electron chi connectivity index (χ3n) is 1.91. The standard InChI is InChI=1S/C9H10N4/c1-7-2-4-11-6-8(7)13-9(10)3-5-12-13/h2-6H,10H2,1H3. The van der Waals surface area contributed by atoms with Crippen LogP contribution in [0.1, 0.15) is 5.56 Å². The Kier molecular flexibility index (Phi) is 1.73. The number of rotatable bonds is 1. The Labute approximate surface area is 76.0 Å². The highest BCUT2D eigenvalue weighted by Gasteiger charge is 2.03. The van der Waals surface area contributed by atoms with Crippen LogP contribution in [-0.4, -0.2) is 14.8 Å².